The van der Waals surface area contributed by atoms with Crippen LogP contribution in [0.5, 0.6) is 11.5 Å². The van der Waals surface area contributed by atoms with Crippen molar-refractivity contribution in [3.05, 3.63) is 59.7 Å². The number of ether oxygens (including phenoxy) is 2. The molecular weight excluding hydrogens is 328 g/mol. The van der Waals surface area contributed by atoms with Gasteiger partial charge in [-0.25, -0.2) is 10.3 Å². The van der Waals surface area contributed by atoms with E-state index in [4.69, 9.17) is 14.7 Å². The molecule has 1 heterocycles. The van der Waals surface area contributed by atoms with Gasteiger partial charge in [-0.15, -0.1) is 0 Å². The Labute approximate surface area is 152 Å². The average Bonchev–Trinajstić information content (AvgIpc) is 2.61. The zero-order chi connectivity index (χ0) is 18.6. The van der Waals surface area contributed by atoms with Gasteiger partial charge in [-0.05, 0) is 44.2 Å². The normalized spacial score (nSPS) is 17.8. The molecule has 0 fully saturated rings. The summed E-state index contributed by atoms with van der Waals surface area (Å²) < 4.78 is 11.7. The maximum Gasteiger partial charge on any atom is 0.304 e. The lowest BCUT2D eigenvalue weighted by Crippen LogP contribution is -2.35. The summed E-state index contributed by atoms with van der Waals surface area (Å²) in [5.41, 5.74) is 0.906. The van der Waals surface area contributed by atoms with Gasteiger partial charge in [0.05, 0.1) is 17.7 Å². The molecule has 3 rings (SSSR count). The van der Waals surface area contributed by atoms with Gasteiger partial charge in [0.15, 0.2) is 6.19 Å². The Hall–Kier alpha value is -3.51. The van der Waals surface area contributed by atoms with E-state index in [1.165, 1.54) is 0 Å². The van der Waals surface area contributed by atoms with Gasteiger partial charge in [-0.1, -0.05) is 18.2 Å². The highest BCUT2D eigenvalue weighted by Crippen LogP contribution is 2.42. The first kappa shape index (κ1) is 17.3. The Morgan fingerprint density at radius 2 is 2.00 bits per heavy atom. The van der Waals surface area contributed by atoms with Crippen LogP contribution < -0.4 is 14.8 Å². The Morgan fingerprint density at radius 1 is 1.23 bits per heavy atom. The molecule has 0 radical (unpaired) electrons. The number of benzene rings is 2. The number of aliphatic imine (C=N–C) groups is 1. The zero-order valence-corrected chi connectivity index (χ0v) is 14.6. The fraction of sp³-hybridized carbons (Fsp3) is 0.250. The average molecular weight is 346 g/mol. The molecule has 6 nitrogen and oxygen atoms in total. The number of hydrogen-bond acceptors (Lipinski definition) is 5. The van der Waals surface area contributed by atoms with E-state index >= 15 is 0 Å². The molecule has 26 heavy (non-hydrogen) atoms. The third-order valence-corrected chi connectivity index (χ3v) is 3.96. The zero-order valence-electron chi connectivity index (χ0n) is 14.6. The predicted octanol–water partition coefficient (Wildman–Crippen LogP) is 3.67. The summed E-state index contributed by atoms with van der Waals surface area (Å²) in [5.74, 6) is 1.26. The molecule has 0 aromatic heterocycles. The molecule has 130 valence electrons. The van der Waals surface area contributed by atoms with Gasteiger partial charge in [0, 0.05) is 12.0 Å². The quantitative estimate of drug-likeness (QED) is 0.388. The topological polar surface area (TPSA) is 90.4 Å². The van der Waals surface area contributed by atoms with Gasteiger partial charge in [0.25, 0.3) is 0 Å². The smallest absolute Gasteiger partial charge is 0.304 e. The lowest BCUT2D eigenvalue weighted by Gasteiger charge is -2.36. The maximum atomic E-state index is 9.18. The monoisotopic (exact) mass is 346 g/mol. The van der Waals surface area contributed by atoms with Crippen molar-refractivity contribution in [1.29, 1.82) is 10.5 Å². The highest BCUT2D eigenvalue weighted by molar-refractivity contribution is 5.78. The number of nitriles is 2. The summed E-state index contributed by atoms with van der Waals surface area (Å²) >= 11 is 0. The number of hydrogen-bond donors (Lipinski definition) is 1. The molecule has 0 bridgehead atoms. The van der Waals surface area contributed by atoms with Crippen LogP contribution in [-0.4, -0.2) is 11.6 Å². The van der Waals surface area contributed by atoms with Gasteiger partial charge in [-0.2, -0.15) is 10.5 Å². The molecule has 6 heteroatoms. The second-order valence-electron chi connectivity index (χ2n) is 6.53. The SMILES string of the molecule is CC1(C)C[C@@H](N=C(NC#N)Oc2ccccc2)c2cc(C#N)ccc2O1. The Morgan fingerprint density at radius 3 is 2.69 bits per heavy atom. The molecule has 2 aromatic rings. The van der Waals surface area contributed by atoms with Gasteiger partial charge in [0.1, 0.15) is 17.1 Å². The second-order valence-corrected chi connectivity index (χ2v) is 6.53. The second kappa shape index (κ2) is 7.16. The first-order valence-electron chi connectivity index (χ1n) is 8.19. The van der Waals surface area contributed by atoms with Crippen LogP contribution in [0.1, 0.15) is 37.4 Å². The summed E-state index contributed by atoms with van der Waals surface area (Å²) in [6, 6.07) is 16.3. The minimum Gasteiger partial charge on any atom is -0.487 e. The van der Waals surface area contributed by atoms with Crippen LogP contribution >= 0.6 is 0 Å². The molecule has 0 saturated heterocycles. The molecule has 1 aliphatic heterocycles. The van der Waals surface area contributed by atoms with E-state index in [0.717, 1.165) is 5.56 Å². The van der Waals surface area contributed by atoms with Crippen LogP contribution in [-0.2, 0) is 0 Å². The third-order valence-electron chi connectivity index (χ3n) is 3.96. The highest BCUT2D eigenvalue weighted by Gasteiger charge is 2.34. The van der Waals surface area contributed by atoms with Crippen LogP contribution in [0, 0.1) is 22.8 Å². The van der Waals surface area contributed by atoms with Crippen LogP contribution in [0.15, 0.2) is 53.5 Å². The van der Waals surface area contributed by atoms with Crippen molar-refractivity contribution < 1.29 is 9.47 Å². The lowest BCUT2D eigenvalue weighted by atomic mass is 9.89. The largest absolute Gasteiger partial charge is 0.487 e. The molecule has 0 saturated carbocycles. The van der Waals surface area contributed by atoms with Crippen LogP contribution in [0.25, 0.3) is 0 Å². The predicted molar refractivity (Wildman–Crippen MR) is 96.5 cm³/mol. The number of amidine groups is 1. The van der Waals surface area contributed by atoms with Crippen molar-refractivity contribution in [2.45, 2.75) is 31.9 Å². The van der Waals surface area contributed by atoms with Crippen LogP contribution in [0.2, 0.25) is 0 Å². The Kier molecular flexibility index (Phi) is 4.77. The van der Waals surface area contributed by atoms with E-state index in [2.05, 4.69) is 16.4 Å². The summed E-state index contributed by atoms with van der Waals surface area (Å²) in [4.78, 5) is 4.60. The Bertz CT molecular complexity index is 908. The first-order chi connectivity index (χ1) is 12.5. The molecule has 0 unspecified atom stereocenters. The van der Waals surface area contributed by atoms with Crippen molar-refractivity contribution in [3.63, 3.8) is 0 Å². The minimum atomic E-state index is -0.431. The summed E-state index contributed by atoms with van der Waals surface area (Å²) in [5, 5.41) is 20.7. The number of para-hydroxylation sites is 1. The molecule has 0 spiro atoms. The van der Waals surface area contributed by atoms with E-state index in [-0.39, 0.29) is 12.1 Å². The van der Waals surface area contributed by atoms with Crippen LogP contribution in [0.3, 0.4) is 0 Å². The van der Waals surface area contributed by atoms with Crippen molar-refractivity contribution >= 4 is 6.02 Å². The van der Waals surface area contributed by atoms with E-state index in [1.807, 2.05) is 38.2 Å². The van der Waals surface area contributed by atoms with Crippen molar-refractivity contribution in [2.75, 3.05) is 0 Å². The number of rotatable bonds is 2. The summed E-state index contributed by atoms with van der Waals surface area (Å²) in [6.45, 7) is 3.96. The van der Waals surface area contributed by atoms with E-state index in [9.17, 15) is 5.26 Å². The van der Waals surface area contributed by atoms with Crippen LogP contribution in [0.4, 0.5) is 0 Å². The van der Waals surface area contributed by atoms with E-state index < -0.39 is 5.60 Å². The standard InChI is InChI=1S/C20H18N4O2/c1-20(2)11-17(16-10-14(12-21)8-9-18(16)26-20)24-19(23-13-22)25-15-6-4-3-5-7-15/h3-10,17H,11H2,1-2H3,(H,23,24)/t17-/m1/s1. The molecule has 2 aromatic carbocycles. The number of fused-ring (bicyclic) bond motifs is 1. The van der Waals surface area contributed by atoms with Gasteiger partial charge < -0.3 is 9.47 Å². The van der Waals surface area contributed by atoms with E-state index in [1.54, 1.807) is 30.3 Å². The fourth-order valence-electron chi connectivity index (χ4n) is 2.88. The van der Waals surface area contributed by atoms with Crippen molar-refractivity contribution in [3.8, 4) is 23.8 Å². The minimum absolute atomic E-state index is 0.106. The maximum absolute atomic E-state index is 9.18. The molecular formula is C20H18N4O2. The number of nitrogens with zero attached hydrogens (tertiary/aromatic N) is 3. The molecule has 1 atom stereocenters. The van der Waals surface area contributed by atoms with Gasteiger partial charge in [-0.3, -0.25) is 0 Å². The van der Waals surface area contributed by atoms with Crippen molar-refractivity contribution in [2.24, 2.45) is 4.99 Å². The van der Waals surface area contributed by atoms with Gasteiger partial charge in [0.2, 0.25) is 0 Å². The van der Waals surface area contributed by atoms with Crippen molar-refractivity contribution in [1.82, 2.24) is 5.32 Å². The third kappa shape index (κ3) is 3.93. The Balaban J connectivity index is 1.99. The molecule has 0 amide bonds. The highest BCUT2D eigenvalue weighted by atomic mass is 16.5. The summed E-state index contributed by atoms with van der Waals surface area (Å²) in [6.07, 6.45) is 2.44. The molecule has 1 N–H and O–H groups in total. The fourth-order valence-corrected chi connectivity index (χ4v) is 2.88. The molecule has 1 aliphatic rings. The first-order valence-corrected chi connectivity index (χ1v) is 8.19. The number of nitrogens with one attached hydrogen (secondary N) is 1. The van der Waals surface area contributed by atoms with Gasteiger partial charge >= 0.3 is 6.02 Å². The molecule has 0 aliphatic carbocycles. The van der Waals surface area contributed by atoms with E-state index in [0.29, 0.717) is 23.5 Å². The lowest BCUT2D eigenvalue weighted by molar-refractivity contribution is 0.0729. The summed E-state index contributed by atoms with van der Waals surface area (Å²) in [7, 11) is 0.